The summed E-state index contributed by atoms with van der Waals surface area (Å²) < 4.78 is 5.64. The molecule has 0 spiro atoms. The lowest BCUT2D eigenvalue weighted by Crippen LogP contribution is -2.33. The van der Waals surface area contributed by atoms with E-state index in [2.05, 4.69) is 10.6 Å². The fourth-order valence-corrected chi connectivity index (χ4v) is 2.02. The Morgan fingerprint density at radius 2 is 2.18 bits per heavy atom. The second kappa shape index (κ2) is 8.48. The van der Waals surface area contributed by atoms with Gasteiger partial charge in [-0.1, -0.05) is 0 Å². The van der Waals surface area contributed by atoms with E-state index in [1.807, 2.05) is 13.8 Å². The molecule has 0 aromatic rings. The number of amides is 1. The smallest absolute Gasteiger partial charge is 0.221 e. The van der Waals surface area contributed by atoms with Gasteiger partial charge in [0.2, 0.25) is 5.91 Å². The Kier molecular flexibility index (Phi) is 7.21. The maximum absolute atomic E-state index is 11.3. The molecule has 1 saturated heterocycles. The molecule has 0 aliphatic carbocycles. The van der Waals surface area contributed by atoms with Gasteiger partial charge in [0.1, 0.15) is 0 Å². The molecule has 4 heteroatoms. The SMILES string of the molecule is CC(C)NC(=O)CCNCCC1CCCCO1. The van der Waals surface area contributed by atoms with E-state index in [1.165, 1.54) is 19.3 Å². The van der Waals surface area contributed by atoms with Crippen LogP contribution in [0, 0.1) is 0 Å². The molecule has 2 N–H and O–H groups in total. The molecule has 1 aliphatic heterocycles. The first-order chi connectivity index (χ1) is 8.18. The number of nitrogens with one attached hydrogen (secondary N) is 2. The molecule has 17 heavy (non-hydrogen) atoms. The third kappa shape index (κ3) is 7.34. The average Bonchev–Trinajstić information content (AvgIpc) is 2.29. The first kappa shape index (κ1) is 14.5. The van der Waals surface area contributed by atoms with Gasteiger partial charge in [-0.25, -0.2) is 0 Å². The molecular formula is C13H26N2O2. The van der Waals surface area contributed by atoms with Crippen molar-refractivity contribution >= 4 is 5.91 Å². The summed E-state index contributed by atoms with van der Waals surface area (Å²) in [5.74, 6) is 0.126. The van der Waals surface area contributed by atoms with Crippen LogP contribution in [0.4, 0.5) is 0 Å². The van der Waals surface area contributed by atoms with Crippen molar-refractivity contribution in [1.29, 1.82) is 0 Å². The fourth-order valence-electron chi connectivity index (χ4n) is 2.02. The van der Waals surface area contributed by atoms with Gasteiger partial charge >= 0.3 is 0 Å². The Morgan fingerprint density at radius 3 is 2.82 bits per heavy atom. The predicted molar refractivity (Wildman–Crippen MR) is 69.0 cm³/mol. The van der Waals surface area contributed by atoms with Crippen LogP contribution in [0.25, 0.3) is 0 Å². The van der Waals surface area contributed by atoms with E-state index in [0.717, 1.165) is 26.1 Å². The molecule has 0 saturated carbocycles. The zero-order chi connectivity index (χ0) is 12.5. The van der Waals surface area contributed by atoms with Gasteiger partial charge in [0.15, 0.2) is 0 Å². The van der Waals surface area contributed by atoms with Crippen molar-refractivity contribution in [3.63, 3.8) is 0 Å². The van der Waals surface area contributed by atoms with Gasteiger partial charge in [-0.2, -0.15) is 0 Å². The summed E-state index contributed by atoms with van der Waals surface area (Å²) in [5.41, 5.74) is 0. The Morgan fingerprint density at radius 1 is 1.35 bits per heavy atom. The van der Waals surface area contributed by atoms with Gasteiger partial charge in [-0.3, -0.25) is 4.79 Å². The van der Waals surface area contributed by atoms with Gasteiger partial charge in [0.05, 0.1) is 6.10 Å². The van der Waals surface area contributed by atoms with Crippen molar-refractivity contribution < 1.29 is 9.53 Å². The molecule has 0 bridgehead atoms. The summed E-state index contributed by atoms with van der Waals surface area (Å²) in [4.78, 5) is 11.3. The number of carbonyl (C=O) groups is 1. The van der Waals surface area contributed by atoms with Crippen LogP contribution in [0.15, 0.2) is 0 Å². The number of carbonyl (C=O) groups excluding carboxylic acids is 1. The summed E-state index contributed by atoms with van der Waals surface area (Å²) in [5, 5.41) is 6.18. The van der Waals surface area contributed by atoms with Gasteiger partial charge in [-0.05, 0) is 46.1 Å². The molecule has 1 rings (SSSR count). The maximum Gasteiger partial charge on any atom is 0.221 e. The van der Waals surface area contributed by atoms with Crippen molar-refractivity contribution in [1.82, 2.24) is 10.6 Å². The highest BCUT2D eigenvalue weighted by Crippen LogP contribution is 2.14. The Hall–Kier alpha value is -0.610. The van der Waals surface area contributed by atoms with Crippen molar-refractivity contribution in [2.24, 2.45) is 0 Å². The zero-order valence-corrected chi connectivity index (χ0v) is 11.1. The normalized spacial score (nSPS) is 20.5. The van der Waals surface area contributed by atoms with E-state index < -0.39 is 0 Å². The van der Waals surface area contributed by atoms with Crippen LogP contribution >= 0.6 is 0 Å². The van der Waals surface area contributed by atoms with Crippen molar-refractivity contribution in [3.8, 4) is 0 Å². The van der Waals surface area contributed by atoms with E-state index in [-0.39, 0.29) is 11.9 Å². The minimum atomic E-state index is 0.126. The van der Waals surface area contributed by atoms with E-state index >= 15 is 0 Å². The average molecular weight is 242 g/mol. The van der Waals surface area contributed by atoms with Crippen LogP contribution in [0.5, 0.6) is 0 Å². The molecule has 1 unspecified atom stereocenters. The number of ether oxygens (including phenoxy) is 1. The first-order valence-electron chi connectivity index (χ1n) is 6.80. The zero-order valence-electron chi connectivity index (χ0n) is 11.1. The summed E-state index contributed by atoms with van der Waals surface area (Å²) in [7, 11) is 0. The lowest BCUT2D eigenvalue weighted by Gasteiger charge is -2.22. The minimum Gasteiger partial charge on any atom is -0.378 e. The quantitative estimate of drug-likeness (QED) is 0.664. The van der Waals surface area contributed by atoms with Crippen LogP contribution in [0.3, 0.4) is 0 Å². The predicted octanol–water partition coefficient (Wildman–Crippen LogP) is 1.45. The van der Waals surface area contributed by atoms with Crippen LogP contribution in [-0.2, 0) is 9.53 Å². The Balaban J connectivity index is 1.91. The number of hydrogen-bond donors (Lipinski definition) is 2. The molecule has 4 nitrogen and oxygen atoms in total. The monoisotopic (exact) mass is 242 g/mol. The highest BCUT2D eigenvalue weighted by Gasteiger charge is 2.12. The summed E-state index contributed by atoms with van der Waals surface area (Å²) in [6.07, 6.45) is 5.74. The highest BCUT2D eigenvalue weighted by molar-refractivity contribution is 5.76. The number of hydrogen-bond acceptors (Lipinski definition) is 3. The van der Waals surface area contributed by atoms with E-state index in [1.54, 1.807) is 0 Å². The maximum atomic E-state index is 11.3. The van der Waals surface area contributed by atoms with Gasteiger partial charge in [0, 0.05) is 25.6 Å². The lowest BCUT2D eigenvalue weighted by molar-refractivity contribution is -0.121. The van der Waals surface area contributed by atoms with Crippen LogP contribution in [0.2, 0.25) is 0 Å². The van der Waals surface area contributed by atoms with Crippen LogP contribution in [-0.4, -0.2) is 37.7 Å². The second-order valence-corrected chi connectivity index (χ2v) is 5.00. The fraction of sp³-hybridized carbons (Fsp3) is 0.923. The third-order valence-electron chi connectivity index (χ3n) is 2.90. The molecule has 1 atom stereocenters. The Labute approximate surface area is 104 Å². The molecule has 1 amide bonds. The molecule has 0 radical (unpaired) electrons. The lowest BCUT2D eigenvalue weighted by atomic mass is 10.1. The summed E-state index contributed by atoms with van der Waals surface area (Å²) in [6, 6.07) is 0.234. The third-order valence-corrected chi connectivity index (χ3v) is 2.90. The second-order valence-electron chi connectivity index (χ2n) is 5.00. The first-order valence-corrected chi connectivity index (χ1v) is 6.80. The molecule has 1 heterocycles. The highest BCUT2D eigenvalue weighted by atomic mass is 16.5. The van der Waals surface area contributed by atoms with Crippen LogP contribution < -0.4 is 10.6 Å². The topological polar surface area (TPSA) is 50.4 Å². The van der Waals surface area contributed by atoms with Crippen molar-refractivity contribution in [2.75, 3.05) is 19.7 Å². The molecular weight excluding hydrogens is 216 g/mol. The Bertz CT molecular complexity index is 213. The van der Waals surface area contributed by atoms with Crippen molar-refractivity contribution in [3.05, 3.63) is 0 Å². The molecule has 0 aromatic carbocycles. The molecule has 0 aromatic heterocycles. The summed E-state index contributed by atoms with van der Waals surface area (Å²) >= 11 is 0. The van der Waals surface area contributed by atoms with Gasteiger partial charge in [0.25, 0.3) is 0 Å². The summed E-state index contributed by atoms with van der Waals surface area (Å²) in [6.45, 7) is 6.57. The number of rotatable bonds is 7. The van der Waals surface area contributed by atoms with Gasteiger partial charge in [-0.15, -0.1) is 0 Å². The molecule has 1 fully saturated rings. The molecule has 100 valence electrons. The molecule has 1 aliphatic rings. The minimum absolute atomic E-state index is 0.126. The van der Waals surface area contributed by atoms with Crippen molar-refractivity contribution in [2.45, 2.75) is 58.1 Å². The van der Waals surface area contributed by atoms with Crippen LogP contribution in [0.1, 0.15) is 46.0 Å². The van der Waals surface area contributed by atoms with E-state index in [4.69, 9.17) is 4.74 Å². The van der Waals surface area contributed by atoms with E-state index in [0.29, 0.717) is 12.5 Å². The van der Waals surface area contributed by atoms with E-state index in [9.17, 15) is 4.79 Å². The largest absolute Gasteiger partial charge is 0.378 e. The standard InChI is InChI=1S/C13H26N2O2/c1-11(2)15-13(16)7-9-14-8-6-12-5-3-4-10-17-12/h11-12,14H,3-10H2,1-2H3,(H,15,16). The van der Waals surface area contributed by atoms with Gasteiger partial charge < -0.3 is 15.4 Å².